The van der Waals surface area contributed by atoms with E-state index in [0.717, 1.165) is 55.7 Å². The molecule has 5 heteroatoms. The predicted molar refractivity (Wildman–Crippen MR) is 137 cm³/mol. The van der Waals surface area contributed by atoms with E-state index in [1.807, 2.05) is 48.5 Å². The summed E-state index contributed by atoms with van der Waals surface area (Å²) in [5.74, 6) is 2.04. The van der Waals surface area contributed by atoms with Crippen molar-refractivity contribution in [3.05, 3.63) is 95.8 Å². The molecule has 0 aliphatic rings. The number of hydrogen-bond acceptors (Lipinski definition) is 3. The van der Waals surface area contributed by atoms with Gasteiger partial charge in [0.2, 0.25) is 0 Å². The molecule has 0 unspecified atom stereocenters. The molecule has 0 fully saturated rings. The summed E-state index contributed by atoms with van der Waals surface area (Å²) in [7, 11) is 0. The SMILES string of the molecule is Cc1ccc(OCCCn2c(CCCCCNC(=O)c3ccccc3)nc3ccccc32)cc1. The van der Waals surface area contributed by atoms with Crippen LogP contribution < -0.4 is 10.1 Å². The molecule has 4 rings (SSSR count). The summed E-state index contributed by atoms with van der Waals surface area (Å²) in [5, 5.41) is 3.01. The number of fused-ring (bicyclic) bond motifs is 1. The molecular formula is C29H33N3O2. The van der Waals surface area contributed by atoms with Crippen LogP contribution in [0.3, 0.4) is 0 Å². The van der Waals surface area contributed by atoms with Crippen LogP contribution in [0.5, 0.6) is 5.75 Å². The van der Waals surface area contributed by atoms with E-state index >= 15 is 0 Å². The Balaban J connectivity index is 1.24. The fourth-order valence-electron chi connectivity index (χ4n) is 4.09. The monoisotopic (exact) mass is 455 g/mol. The predicted octanol–water partition coefficient (Wildman–Crippen LogP) is 5.96. The molecule has 3 aromatic carbocycles. The van der Waals surface area contributed by atoms with Crippen molar-refractivity contribution in [1.29, 1.82) is 0 Å². The molecule has 5 nitrogen and oxygen atoms in total. The van der Waals surface area contributed by atoms with Crippen molar-refractivity contribution in [3.8, 4) is 5.75 Å². The minimum atomic E-state index is -0.00440. The molecule has 1 heterocycles. The highest BCUT2D eigenvalue weighted by molar-refractivity contribution is 5.94. The number of hydrogen-bond donors (Lipinski definition) is 1. The first kappa shape index (κ1) is 23.6. The normalized spacial score (nSPS) is 11.0. The minimum Gasteiger partial charge on any atom is -0.494 e. The molecule has 176 valence electrons. The van der Waals surface area contributed by atoms with Crippen molar-refractivity contribution in [3.63, 3.8) is 0 Å². The number of aryl methyl sites for hydroxylation is 3. The molecule has 1 aromatic heterocycles. The lowest BCUT2D eigenvalue weighted by molar-refractivity contribution is 0.0953. The van der Waals surface area contributed by atoms with Gasteiger partial charge in [-0.2, -0.15) is 0 Å². The number of ether oxygens (including phenoxy) is 1. The Kier molecular flexibility index (Phi) is 8.33. The number of amides is 1. The van der Waals surface area contributed by atoms with Crippen LogP contribution in [0.25, 0.3) is 11.0 Å². The first-order valence-corrected chi connectivity index (χ1v) is 12.2. The number of aromatic nitrogens is 2. The highest BCUT2D eigenvalue weighted by atomic mass is 16.5. The van der Waals surface area contributed by atoms with Gasteiger partial charge in [0.05, 0.1) is 17.6 Å². The minimum absolute atomic E-state index is 0.00440. The zero-order valence-corrected chi connectivity index (χ0v) is 19.9. The number of carbonyl (C=O) groups is 1. The van der Waals surface area contributed by atoms with Crippen molar-refractivity contribution in [1.82, 2.24) is 14.9 Å². The lowest BCUT2D eigenvalue weighted by atomic mass is 10.1. The molecule has 0 atom stereocenters. The molecule has 0 aliphatic carbocycles. The summed E-state index contributed by atoms with van der Waals surface area (Å²) >= 11 is 0. The van der Waals surface area contributed by atoms with Crippen LogP contribution in [0.2, 0.25) is 0 Å². The second kappa shape index (κ2) is 12.0. The van der Waals surface area contributed by atoms with Crippen molar-refractivity contribution >= 4 is 16.9 Å². The molecule has 0 radical (unpaired) electrons. The van der Waals surface area contributed by atoms with Crippen LogP contribution in [-0.4, -0.2) is 28.6 Å². The third-order valence-corrected chi connectivity index (χ3v) is 5.95. The van der Waals surface area contributed by atoms with Gasteiger partial charge >= 0.3 is 0 Å². The summed E-state index contributed by atoms with van der Waals surface area (Å²) in [6.07, 6.45) is 4.91. The zero-order valence-electron chi connectivity index (χ0n) is 19.9. The second-order valence-electron chi connectivity index (χ2n) is 8.62. The van der Waals surface area contributed by atoms with Gasteiger partial charge in [0, 0.05) is 25.1 Å². The van der Waals surface area contributed by atoms with Crippen LogP contribution in [-0.2, 0) is 13.0 Å². The Bertz CT molecular complexity index is 1180. The van der Waals surface area contributed by atoms with Gasteiger partial charge in [0.15, 0.2) is 0 Å². The first-order chi connectivity index (χ1) is 16.7. The number of imidazole rings is 1. The fraction of sp³-hybridized carbons (Fsp3) is 0.310. The van der Waals surface area contributed by atoms with Gasteiger partial charge in [-0.25, -0.2) is 4.98 Å². The molecule has 0 aliphatic heterocycles. The number of nitrogens with one attached hydrogen (secondary N) is 1. The van der Waals surface area contributed by atoms with Gasteiger partial charge in [-0.1, -0.05) is 54.4 Å². The van der Waals surface area contributed by atoms with Crippen LogP contribution >= 0.6 is 0 Å². The van der Waals surface area contributed by atoms with Crippen molar-refractivity contribution in [2.45, 2.75) is 45.6 Å². The Labute approximate surface area is 201 Å². The largest absolute Gasteiger partial charge is 0.494 e. The van der Waals surface area contributed by atoms with E-state index in [1.165, 1.54) is 11.1 Å². The van der Waals surface area contributed by atoms with Crippen molar-refractivity contribution in [2.24, 2.45) is 0 Å². The molecule has 1 N–H and O–H groups in total. The number of unbranched alkanes of at least 4 members (excludes halogenated alkanes) is 2. The summed E-state index contributed by atoms with van der Waals surface area (Å²) in [6, 6.07) is 25.9. The molecule has 0 bridgehead atoms. The van der Waals surface area contributed by atoms with Crippen molar-refractivity contribution < 1.29 is 9.53 Å². The van der Waals surface area contributed by atoms with Crippen LogP contribution in [0.1, 0.15) is 47.4 Å². The van der Waals surface area contributed by atoms with E-state index in [4.69, 9.17) is 9.72 Å². The highest BCUT2D eigenvalue weighted by Crippen LogP contribution is 2.19. The van der Waals surface area contributed by atoms with E-state index < -0.39 is 0 Å². The third-order valence-electron chi connectivity index (χ3n) is 5.95. The van der Waals surface area contributed by atoms with Gasteiger partial charge < -0.3 is 14.6 Å². The van der Waals surface area contributed by atoms with Gasteiger partial charge in [-0.3, -0.25) is 4.79 Å². The Morgan fingerprint density at radius 2 is 1.65 bits per heavy atom. The Morgan fingerprint density at radius 3 is 2.47 bits per heavy atom. The van der Waals surface area contributed by atoms with Crippen LogP contribution in [0.15, 0.2) is 78.9 Å². The third kappa shape index (κ3) is 6.47. The smallest absolute Gasteiger partial charge is 0.251 e. The lowest BCUT2D eigenvalue weighted by Crippen LogP contribution is -2.24. The van der Waals surface area contributed by atoms with Gasteiger partial charge in [0.25, 0.3) is 5.91 Å². The standard InChI is InChI=1S/C29H33N3O2/c1-23-16-18-25(19-17-23)34-22-10-21-32-27-14-8-7-13-26(27)31-28(32)15-6-3-9-20-30-29(33)24-11-4-2-5-12-24/h2,4-5,7-8,11-14,16-19H,3,6,9-10,15,20-22H2,1H3,(H,30,33). The first-order valence-electron chi connectivity index (χ1n) is 12.2. The number of rotatable bonds is 12. The zero-order chi connectivity index (χ0) is 23.6. The van der Waals surface area contributed by atoms with E-state index in [1.54, 1.807) is 0 Å². The number of carbonyl (C=O) groups excluding carboxylic acids is 1. The lowest BCUT2D eigenvalue weighted by Gasteiger charge is -2.11. The van der Waals surface area contributed by atoms with Gasteiger partial charge in [0.1, 0.15) is 11.6 Å². The fourth-order valence-corrected chi connectivity index (χ4v) is 4.09. The van der Waals surface area contributed by atoms with Crippen molar-refractivity contribution in [2.75, 3.05) is 13.2 Å². The van der Waals surface area contributed by atoms with Crippen LogP contribution in [0, 0.1) is 6.92 Å². The van der Waals surface area contributed by atoms with E-state index in [9.17, 15) is 4.79 Å². The molecule has 1 amide bonds. The second-order valence-corrected chi connectivity index (χ2v) is 8.62. The Morgan fingerprint density at radius 1 is 0.882 bits per heavy atom. The average molecular weight is 456 g/mol. The summed E-state index contributed by atoms with van der Waals surface area (Å²) in [5.41, 5.74) is 4.18. The Hall–Kier alpha value is -3.60. The van der Waals surface area contributed by atoms with Gasteiger partial charge in [-0.15, -0.1) is 0 Å². The van der Waals surface area contributed by atoms with E-state index in [-0.39, 0.29) is 5.91 Å². The molecule has 0 saturated heterocycles. The number of nitrogens with zero attached hydrogens (tertiary/aromatic N) is 2. The number of benzene rings is 3. The molecular weight excluding hydrogens is 422 g/mol. The quantitative estimate of drug-likeness (QED) is 0.268. The molecule has 34 heavy (non-hydrogen) atoms. The van der Waals surface area contributed by atoms with E-state index in [0.29, 0.717) is 18.7 Å². The van der Waals surface area contributed by atoms with E-state index in [2.05, 4.69) is 47.1 Å². The highest BCUT2D eigenvalue weighted by Gasteiger charge is 2.10. The number of para-hydroxylation sites is 2. The van der Waals surface area contributed by atoms with Crippen LogP contribution in [0.4, 0.5) is 0 Å². The maximum atomic E-state index is 12.1. The van der Waals surface area contributed by atoms with Gasteiger partial charge in [-0.05, 0) is 62.6 Å². The maximum absolute atomic E-state index is 12.1. The molecule has 4 aromatic rings. The average Bonchev–Trinajstić information content (AvgIpc) is 3.22. The molecule has 0 spiro atoms. The summed E-state index contributed by atoms with van der Waals surface area (Å²) < 4.78 is 8.26. The maximum Gasteiger partial charge on any atom is 0.251 e. The summed E-state index contributed by atoms with van der Waals surface area (Å²) in [4.78, 5) is 17.0. The topological polar surface area (TPSA) is 56.1 Å². The molecule has 0 saturated carbocycles. The summed E-state index contributed by atoms with van der Waals surface area (Å²) in [6.45, 7) is 4.34.